The van der Waals surface area contributed by atoms with Crippen molar-refractivity contribution in [1.29, 1.82) is 0 Å². The molecule has 2 N–H and O–H groups in total. The largest absolute Gasteiger partial charge is 0.478 e. The van der Waals surface area contributed by atoms with Crippen molar-refractivity contribution in [2.75, 3.05) is 26.7 Å². The third kappa shape index (κ3) is 4.90. The number of rotatable bonds is 8. The lowest BCUT2D eigenvalue weighted by Crippen LogP contribution is -2.34. The van der Waals surface area contributed by atoms with Gasteiger partial charge in [0.1, 0.15) is 0 Å². The van der Waals surface area contributed by atoms with Gasteiger partial charge in [-0.2, -0.15) is 0 Å². The molecule has 0 aliphatic rings. The van der Waals surface area contributed by atoms with Gasteiger partial charge >= 0.3 is 0 Å². The normalized spacial score (nSPS) is 12.0. The molecule has 0 bridgehead atoms. The maximum atomic E-state index is 12.2. The van der Waals surface area contributed by atoms with Crippen molar-refractivity contribution in [1.82, 2.24) is 9.47 Å². The molecule has 0 radical (unpaired) electrons. The summed E-state index contributed by atoms with van der Waals surface area (Å²) in [5, 5.41) is 0. The first-order valence-electron chi connectivity index (χ1n) is 7.29. The van der Waals surface area contributed by atoms with Crippen molar-refractivity contribution in [3.8, 4) is 5.75 Å². The summed E-state index contributed by atoms with van der Waals surface area (Å²) in [5.41, 5.74) is 5.31. The molecule has 1 rings (SSSR count). The number of ether oxygens (including phenoxy) is 1. The predicted octanol–water partition coefficient (Wildman–Crippen LogP) is 1.01. The van der Waals surface area contributed by atoms with Crippen LogP contribution in [0.3, 0.4) is 0 Å². The summed E-state index contributed by atoms with van der Waals surface area (Å²) in [7, 11) is 1.74. The molecule has 118 valence electrons. The van der Waals surface area contributed by atoms with Crippen LogP contribution < -0.4 is 16.0 Å². The molecule has 1 atom stereocenters. The summed E-state index contributed by atoms with van der Waals surface area (Å²) in [6.07, 6.45) is 3.65. The minimum atomic E-state index is -0.264. The molecule has 1 aromatic rings. The summed E-state index contributed by atoms with van der Waals surface area (Å²) in [4.78, 5) is 25.7. The molecular weight excluding hydrogens is 270 g/mol. The summed E-state index contributed by atoms with van der Waals surface area (Å²) >= 11 is 0. The van der Waals surface area contributed by atoms with E-state index in [1.165, 1.54) is 4.57 Å². The average molecular weight is 295 g/mol. The Morgan fingerprint density at radius 2 is 2.24 bits per heavy atom. The Morgan fingerprint density at radius 1 is 1.52 bits per heavy atom. The molecule has 0 saturated carbocycles. The lowest BCUT2D eigenvalue weighted by Gasteiger charge is -2.17. The molecule has 1 unspecified atom stereocenters. The van der Waals surface area contributed by atoms with Crippen LogP contribution in [0.15, 0.2) is 23.1 Å². The van der Waals surface area contributed by atoms with E-state index in [0.29, 0.717) is 13.1 Å². The molecule has 0 aliphatic heterocycles. The SMILES string of the molecule is CCCCN(C)C(=O)COc1cccn(C(C)CN)c1=O. The maximum absolute atomic E-state index is 12.2. The minimum absolute atomic E-state index is 0.107. The zero-order valence-corrected chi connectivity index (χ0v) is 13.0. The van der Waals surface area contributed by atoms with Gasteiger partial charge in [0, 0.05) is 32.4 Å². The summed E-state index contributed by atoms with van der Waals surface area (Å²) in [5.74, 6) is 0.0418. The van der Waals surface area contributed by atoms with Gasteiger partial charge in [-0.3, -0.25) is 9.59 Å². The van der Waals surface area contributed by atoms with Crippen LogP contribution in [0.4, 0.5) is 0 Å². The van der Waals surface area contributed by atoms with Gasteiger partial charge in [0.15, 0.2) is 12.4 Å². The lowest BCUT2D eigenvalue weighted by atomic mass is 10.3. The highest BCUT2D eigenvalue weighted by Crippen LogP contribution is 2.06. The Bertz CT molecular complexity index is 513. The van der Waals surface area contributed by atoms with E-state index in [9.17, 15) is 9.59 Å². The molecule has 21 heavy (non-hydrogen) atoms. The Balaban J connectivity index is 2.68. The van der Waals surface area contributed by atoms with E-state index in [0.717, 1.165) is 12.8 Å². The highest BCUT2D eigenvalue weighted by molar-refractivity contribution is 5.77. The minimum Gasteiger partial charge on any atom is -0.478 e. The van der Waals surface area contributed by atoms with E-state index in [2.05, 4.69) is 6.92 Å². The number of nitrogens with zero attached hydrogens (tertiary/aromatic N) is 2. The fourth-order valence-corrected chi connectivity index (χ4v) is 1.83. The monoisotopic (exact) mass is 295 g/mol. The smallest absolute Gasteiger partial charge is 0.293 e. The van der Waals surface area contributed by atoms with Gasteiger partial charge in [-0.25, -0.2) is 0 Å². The van der Waals surface area contributed by atoms with E-state index in [1.54, 1.807) is 30.3 Å². The Kier molecular flexibility index (Phi) is 6.94. The number of likely N-dealkylation sites (N-methyl/N-ethyl adjacent to an activating group) is 1. The second-order valence-corrected chi connectivity index (χ2v) is 5.13. The van der Waals surface area contributed by atoms with Crippen molar-refractivity contribution in [3.05, 3.63) is 28.7 Å². The summed E-state index contributed by atoms with van der Waals surface area (Å²) in [6.45, 7) is 4.86. The van der Waals surface area contributed by atoms with Gasteiger partial charge in [0.25, 0.3) is 11.5 Å². The van der Waals surface area contributed by atoms with E-state index in [4.69, 9.17) is 10.5 Å². The summed E-state index contributed by atoms with van der Waals surface area (Å²) < 4.78 is 6.88. The van der Waals surface area contributed by atoms with Crippen LogP contribution in [0.1, 0.15) is 32.7 Å². The number of carbonyl (C=O) groups is 1. The van der Waals surface area contributed by atoms with Crippen LogP contribution in [0.25, 0.3) is 0 Å². The van der Waals surface area contributed by atoms with E-state index in [-0.39, 0.29) is 29.9 Å². The molecule has 0 spiro atoms. The van der Waals surface area contributed by atoms with Crippen molar-refractivity contribution in [2.45, 2.75) is 32.7 Å². The number of hydrogen-bond acceptors (Lipinski definition) is 4. The molecule has 6 nitrogen and oxygen atoms in total. The molecule has 0 saturated heterocycles. The summed E-state index contributed by atoms with van der Waals surface area (Å²) in [6, 6.07) is 3.18. The Hall–Kier alpha value is -1.82. The van der Waals surface area contributed by atoms with E-state index < -0.39 is 0 Å². The Labute approximate surface area is 125 Å². The molecule has 0 aliphatic carbocycles. The molecule has 0 fully saturated rings. The van der Waals surface area contributed by atoms with Crippen molar-refractivity contribution >= 4 is 5.91 Å². The third-order valence-electron chi connectivity index (χ3n) is 3.38. The van der Waals surface area contributed by atoms with Crippen molar-refractivity contribution in [3.63, 3.8) is 0 Å². The van der Waals surface area contributed by atoms with Gasteiger partial charge in [-0.15, -0.1) is 0 Å². The number of aromatic nitrogens is 1. The maximum Gasteiger partial charge on any atom is 0.293 e. The van der Waals surface area contributed by atoms with Gasteiger partial charge in [-0.1, -0.05) is 13.3 Å². The van der Waals surface area contributed by atoms with Gasteiger partial charge in [-0.05, 0) is 25.5 Å². The molecule has 1 aromatic heterocycles. The zero-order valence-electron chi connectivity index (χ0n) is 13.0. The number of hydrogen-bond donors (Lipinski definition) is 1. The second kappa shape index (κ2) is 8.46. The molecule has 6 heteroatoms. The first-order chi connectivity index (χ1) is 10.0. The van der Waals surface area contributed by atoms with Gasteiger partial charge < -0.3 is 19.9 Å². The molecule has 1 heterocycles. The second-order valence-electron chi connectivity index (χ2n) is 5.13. The van der Waals surface area contributed by atoms with Crippen LogP contribution in [0.2, 0.25) is 0 Å². The topological polar surface area (TPSA) is 77.6 Å². The number of carbonyl (C=O) groups excluding carboxylic acids is 1. The van der Waals surface area contributed by atoms with Crippen LogP contribution in [-0.2, 0) is 4.79 Å². The first-order valence-corrected chi connectivity index (χ1v) is 7.29. The van der Waals surface area contributed by atoms with E-state index in [1.807, 2.05) is 6.92 Å². The number of unbranched alkanes of at least 4 members (excludes halogenated alkanes) is 1. The van der Waals surface area contributed by atoms with Crippen LogP contribution in [0, 0.1) is 0 Å². The van der Waals surface area contributed by atoms with Gasteiger partial charge in [0.2, 0.25) is 0 Å². The predicted molar refractivity (Wildman–Crippen MR) is 82.5 cm³/mol. The zero-order chi connectivity index (χ0) is 15.8. The van der Waals surface area contributed by atoms with Crippen LogP contribution in [-0.4, -0.2) is 42.1 Å². The lowest BCUT2D eigenvalue weighted by molar-refractivity contribution is -0.132. The third-order valence-corrected chi connectivity index (χ3v) is 3.38. The van der Waals surface area contributed by atoms with Crippen LogP contribution in [0.5, 0.6) is 5.75 Å². The number of nitrogens with two attached hydrogens (primary N) is 1. The van der Waals surface area contributed by atoms with Gasteiger partial charge in [0.05, 0.1) is 0 Å². The fourth-order valence-electron chi connectivity index (χ4n) is 1.83. The molecular formula is C15H25N3O3. The van der Waals surface area contributed by atoms with Crippen molar-refractivity contribution in [2.24, 2.45) is 5.73 Å². The number of pyridine rings is 1. The van der Waals surface area contributed by atoms with Crippen LogP contribution >= 0.6 is 0 Å². The average Bonchev–Trinajstić information content (AvgIpc) is 2.50. The molecule has 1 amide bonds. The van der Waals surface area contributed by atoms with Crippen molar-refractivity contribution < 1.29 is 9.53 Å². The first kappa shape index (κ1) is 17.2. The fraction of sp³-hybridized carbons (Fsp3) is 0.600. The number of amides is 1. The van der Waals surface area contributed by atoms with E-state index >= 15 is 0 Å². The highest BCUT2D eigenvalue weighted by Gasteiger charge is 2.12. The Morgan fingerprint density at radius 3 is 2.86 bits per heavy atom. The highest BCUT2D eigenvalue weighted by atomic mass is 16.5. The molecule has 0 aromatic carbocycles. The standard InChI is InChI=1S/C15H25N3O3/c1-4-5-8-17(3)14(19)11-21-13-7-6-9-18(15(13)20)12(2)10-16/h6-7,9,12H,4-5,8,10-11,16H2,1-3H3. The quantitative estimate of drug-likeness (QED) is 0.776.